The summed E-state index contributed by atoms with van der Waals surface area (Å²) in [7, 11) is -3.75. The van der Waals surface area contributed by atoms with Crippen LogP contribution in [-0.2, 0) is 14.8 Å². The first-order valence-corrected chi connectivity index (χ1v) is 11.7. The van der Waals surface area contributed by atoms with E-state index in [0.29, 0.717) is 18.6 Å². The zero-order chi connectivity index (χ0) is 19.6. The van der Waals surface area contributed by atoms with E-state index in [9.17, 15) is 13.2 Å². The number of amides is 1. The minimum absolute atomic E-state index is 0.000597. The molecule has 28 heavy (non-hydrogen) atoms. The van der Waals surface area contributed by atoms with Crippen LogP contribution >= 0.6 is 0 Å². The Morgan fingerprint density at radius 3 is 2.71 bits per heavy atom. The average Bonchev–Trinajstić information content (AvgIpc) is 3.17. The molecule has 1 aliphatic heterocycles. The molecule has 0 spiro atoms. The van der Waals surface area contributed by atoms with Crippen LogP contribution in [0.5, 0.6) is 0 Å². The smallest absolute Gasteiger partial charge is 0.245 e. The molecule has 150 valence electrons. The molecule has 1 saturated carbocycles. The fourth-order valence-corrected chi connectivity index (χ4v) is 6.45. The summed E-state index contributed by atoms with van der Waals surface area (Å²) in [5, 5.41) is 3.83. The van der Waals surface area contributed by atoms with Gasteiger partial charge in [-0.1, -0.05) is 37.5 Å². The van der Waals surface area contributed by atoms with E-state index in [1.54, 1.807) is 22.6 Å². The van der Waals surface area contributed by atoms with Gasteiger partial charge < -0.3 is 5.32 Å². The van der Waals surface area contributed by atoms with Gasteiger partial charge in [0, 0.05) is 30.7 Å². The lowest BCUT2D eigenvalue weighted by Gasteiger charge is -2.31. The number of hydrogen-bond acceptors (Lipinski definition) is 4. The molecule has 1 N–H and O–H groups in total. The third-order valence-electron chi connectivity index (χ3n) is 5.97. The van der Waals surface area contributed by atoms with Crippen LogP contribution in [0.3, 0.4) is 0 Å². The molecule has 7 heteroatoms. The van der Waals surface area contributed by atoms with E-state index in [-0.39, 0.29) is 22.8 Å². The highest BCUT2D eigenvalue weighted by Gasteiger charge is 2.42. The topological polar surface area (TPSA) is 79.4 Å². The standard InChI is InChI=1S/C21H27N3O3S/c25-21-17-10-6-11-18(17)24(15-4-2-1-3-13-23-21)28(26,27)19-12-5-8-16-9-7-14-22-20(16)19/h5,7-9,12,14,17-18H,1-4,6,10-11,13,15H2,(H,23,25). The maximum absolute atomic E-state index is 13.8. The molecule has 2 fully saturated rings. The molecule has 2 aliphatic rings. The number of para-hydroxylation sites is 1. The summed E-state index contributed by atoms with van der Waals surface area (Å²) < 4.78 is 29.1. The summed E-state index contributed by atoms with van der Waals surface area (Å²) in [5.74, 6) is -0.267. The van der Waals surface area contributed by atoms with Crippen molar-refractivity contribution in [3.63, 3.8) is 0 Å². The molecule has 1 saturated heterocycles. The van der Waals surface area contributed by atoms with Gasteiger partial charge in [0.2, 0.25) is 15.9 Å². The van der Waals surface area contributed by atoms with Crippen LogP contribution in [0, 0.1) is 5.92 Å². The van der Waals surface area contributed by atoms with Crippen molar-refractivity contribution in [3.8, 4) is 0 Å². The van der Waals surface area contributed by atoms with Gasteiger partial charge in [0.25, 0.3) is 0 Å². The van der Waals surface area contributed by atoms with Crippen LogP contribution in [0.15, 0.2) is 41.4 Å². The van der Waals surface area contributed by atoms with Crippen LogP contribution in [-0.4, -0.2) is 42.7 Å². The number of carbonyl (C=O) groups excluding carboxylic acids is 1. The largest absolute Gasteiger partial charge is 0.356 e. The molecule has 0 radical (unpaired) electrons. The third kappa shape index (κ3) is 3.65. The van der Waals surface area contributed by atoms with Gasteiger partial charge in [-0.3, -0.25) is 9.78 Å². The lowest BCUT2D eigenvalue weighted by Crippen LogP contribution is -2.47. The summed E-state index contributed by atoms with van der Waals surface area (Å²) >= 11 is 0. The quantitative estimate of drug-likeness (QED) is 0.839. The SMILES string of the molecule is O=C1NCCCCCCN(S(=O)(=O)c2cccc3cccnc23)C2CCCC12. The van der Waals surface area contributed by atoms with Gasteiger partial charge in [-0.2, -0.15) is 4.31 Å². The number of carbonyl (C=O) groups is 1. The van der Waals surface area contributed by atoms with Crippen LogP contribution in [0.25, 0.3) is 10.9 Å². The van der Waals surface area contributed by atoms with Gasteiger partial charge in [0.1, 0.15) is 4.90 Å². The van der Waals surface area contributed by atoms with Crippen molar-refractivity contribution in [1.29, 1.82) is 0 Å². The van der Waals surface area contributed by atoms with Gasteiger partial charge in [-0.15, -0.1) is 0 Å². The van der Waals surface area contributed by atoms with E-state index in [1.165, 1.54) is 0 Å². The number of fused-ring (bicyclic) bond motifs is 2. The Labute approximate surface area is 166 Å². The highest BCUT2D eigenvalue weighted by Crippen LogP contribution is 2.35. The van der Waals surface area contributed by atoms with Gasteiger partial charge >= 0.3 is 0 Å². The first-order valence-electron chi connectivity index (χ1n) is 10.2. The second kappa shape index (κ2) is 8.17. The molecule has 6 nitrogen and oxygen atoms in total. The van der Waals surface area contributed by atoms with Crippen molar-refractivity contribution >= 4 is 26.8 Å². The van der Waals surface area contributed by atoms with E-state index >= 15 is 0 Å². The maximum Gasteiger partial charge on any atom is 0.245 e. The lowest BCUT2D eigenvalue weighted by molar-refractivity contribution is -0.125. The van der Waals surface area contributed by atoms with E-state index in [1.807, 2.05) is 18.2 Å². The monoisotopic (exact) mass is 401 g/mol. The second-order valence-electron chi connectivity index (χ2n) is 7.76. The fraction of sp³-hybridized carbons (Fsp3) is 0.524. The molecule has 0 bridgehead atoms. The Balaban J connectivity index is 1.77. The normalized spacial score (nSPS) is 25.1. The van der Waals surface area contributed by atoms with E-state index in [0.717, 1.165) is 50.3 Å². The summed E-state index contributed by atoms with van der Waals surface area (Å²) in [4.78, 5) is 17.3. The van der Waals surface area contributed by atoms with Crippen LogP contribution in [0.2, 0.25) is 0 Å². The molecule has 1 aromatic heterocycles. The highest BCUT2D eigenvalue weighted by molar-refractivity contribution is 7.89. The van der Waals surface area contributed by atoms with Crippen molar-refractivity contribution in [2.24, 2.45) is 5.92 Å². The first kappa shape index (κ1) is 19.3. The van der Waals surface area contributed by atoms with Gasteiger partial charge in [-0.05, 0) is 37.8 Å². The number of hydrogen-bond donors (Lipinski definition) is 1. The Morgan fingerprint density at radius 1 is 1.00 bits per heavy atom. The summed E-state index contributed by atoms with van der Waals surface area (Å²) in [6.07, 6.45) is 7.71. The molecule has 2 heterocycles. The van der Waals surface area contributed by atoms with Gasteiger partial charge in [-0.25, -0.2) is 8.42 Å². The van der Waals surface area contributed by atoms with E-state index < -0.39 is 10.0 Å². The molecule has 1 aromatic carbocycles. The summed E-state index contributed by atoms with van der Waals surface area (Å²) in [6.45, 7) is 1.14. The third-order valence-corrected chi connectivity index (χ3v) is 7.93. The minimum Gasteiger partial charge on any atom is -0.356 e. The van der Waals surface area contributed by atoms with Gasteiger partial charge in [0.05, 0.1) is 11.4 Å². The fourth-order valence-electron chi connectivity index (χ4n) is 4.55. The Bertz CT molecular complexity index is 955. The van der Waals surface area contributed by atoms with E-state index in [2.05, 4.69) is 10.3 Å². The Morgan fingerprint density at radius 2 is 1.82 bits per heavy atom. The van der Waals surface area contributed by atoms with Crippen molar-refractivity contribution in [1.82, 2.24) is 14.6 Å². The maximum atomic E-state index is 13.8. The number of benzene rings is 1. The van der Waals surface area contributed by atoms with Crippen molar-refractivity contribution < 1.29 is 13.2 Å². The number of sulfonamides is 1. The zero-order valence-corrected chi connectivity index (χ0v) is 16.8. The summed E-state index contributed by atoms with van der Waals surface area (Å²) in [6, 6.07) is 8.69. The number of nitrogens with one attached hydrogen (secondary N) is 1. The van der Waals surface area contributed by atoms with E-state index in [4.69, 9.17) is 0 Å². The van der Waals surface area contributed by atoms with Crippen LogP contribution < -0.4 is 5.32 Å². The molecule has 1 amide bonds. The van der Waals surface area contributed by atoms with Gasteiger partial charge in [0.15, 0.2) is 0 Å². The minimum atomic E-state index is -3.75. The molecular formula is C21H27N3O3S. The molecule has 2 unspecified atom stereocenters. The molecule has 1 aliphatic carbocycles. The summed E-state index contributed by atoms with van der Waals surface area (Å²) in [5.41, 5.74) is 0.498. The number of rotatable bonds is 2. The van der Waals surface area contributed by atoms with Crippen LogP contribution in [0.1, 0.15) is 44.9 Å². The number of pyridine rings is 1. The van der Waals surface area contributed by atoms with Crippen molar-refractivity contribution in [2.45, 2.75) is 55.9 Å². The predicted octanol–water partition coefficient (Wildman–Crippen LogP) is 3.08. The highest BCUT2D eigenvalue weighted by atomic mass is 32.2. The molecule has 2 atom stereocenters. The Hall–Kier alpha value is -1.99. The van der Waals surface area contributed by atoms with Crippen molar-refractivity contribution in [2.75, 3.05) is 13.1 Å². The second-order valence-corrected chi connectivity index (χ2v) is 9.62. The lowest BCUT2D eigenvalue weighted by atomic mass is 10.0. The molecular weight excluding hydrogens is 374 g/mol. The zero-order valence-electron chi connectivity index (χ0n) is 16.0. The van der Waals surface area contributed by atoms with Crippen LogP contribution in [0.4, 0.5) is 0 Å². The Kier molecular flexibility index (Phi) is 5.64. The predicted molar refractivity (Wildman–Crippen MR) is 108 cm³/mol. The number of nitrogens with zero attached hydrogens (tertiary/aromatic N) is 2. The number of aromatic nitrogens is 1. The average molecular weight is 402 g/mol. The molecule has 2 aromatic rings. The van der Waals surface area contributed by atoms with Crippen molar-refractivity contribution in [3.05, 3.63) is 36.5 Å². The molecule has 4 rings (SSSR count). The first-order chi connectivity index (χ1) is 13.6.